The number of esters is 1. The SMILES string of the molecule is CCOC(=O)Cc1csc(NC(=O)CSC(c2ccccc2)c2ccccc2)n1. The fourth-order valence-corrected chi connectivity index (χ4v) is 4.58. The average molecular weight is 427 g/mol. The second kappa shape index (κ2) is 10.8. The van der Waals surface area contributed by atoms with Crippen LogP contribution in [0.4, 0.5) is 5.13 Å². The van der Waals surface area contributed by atoms with Crippen LogP contribution in [-0.2, 0) is 20.7 Å². The number of benzene rings is 2. The largest absolute Gasteiger partial charge is 0.466 e. The quantitative estimate of drug-likeness (QED) is 0.502. The van der Waals surface area contributed by atoms with Crippen LogP contribution in [0.2, 0.25) is 0 Å². The van der Waals surface area contributed by atoms with Gasteiger partial charge in [0.1, 0.15) is 0 Å². The zero-order chi connectivity index (χ0) is 20.5. The maximum atomic E-state index is 12.5. The van der Waals surface area contributed by atoms with Gasteiger partial charge in [-0.05, 0) is 18.1 Å². The number of rotatable bonds is 9. The summed E-state index contributed by atoms with van der Waals surface area (Å²) in [5.41, 5.74) is 2.91. The van der Waals surface area contributed by atoms with Crippen molar-refractivity contribution >= 4 is 40.1 Å². The lowest BCUT2D eigenvalue weighted by atomic mass is 10.0. The minimum Gasteiger partial charge on any atom is -0.466 e. The molecule has 7 heteroatoms. The second-order valence-corrected chi connectivity index (χ2v) is 8.14. The molecule has 3 rings (SSSR count). The molecule has 0 radical (unpaired) electrons. The summed E-state index contributed by atoms with van der Waals surface area (Å²) in [6.07, 6.45) is 0.110. The van der Waals surface area contributed by atoms with Crippen LogP contribution in [0.15, 0.2) is 66.0 Å². The molecule has 29 heavy (non-hydrogen) atoms. The molecule has 1 aromatic heterocycles. The third kappa shape index (κ3) is 6.44. The van der Waals surface area contributed by atoms with Crippen molar-refractivity contribution in [2.45, 2.75) is 18.6 Å². The monoisotopic (exact) mass is 426 g/mol. The van der Waals surface area contributed by atoms with Crippen molar-refractivity contribution in [2.75, 3.05) is 17.7 Å². The van der Waals surface area contributed by atoms with Gasteiger partial charge in [0.05, 0.1) is 29.7 Å². The zero-order valence-corrected chi connectivity index (χ0v) is 17.7. The number of hydrogen-bond donors (Lipinski definition) is 1. The first-order valence-electron chi connectivity index (χ1n) is 9.27. The Morgan fingerprint density at radius 1 is 1.07 bits per heavy atom. The van der Waals surface area contributed by atoms with Gasteiger partial charge in [-0.25, -0.2) is 4.98 Å². The van der Waals surface area contributed by atoms with Crippen molar-refractivity contribution in [3.8, 4) is 0 Å². The van der Waals surface area contributed by atoms with Crippen LogP contribution in [0.25, 0.3) is 0 Å². The molecule has 0 spiro atoms. The molecule has 0 unspecified atom stereocenters. The van der Waals surface area contributed by atoms with E-state index in [2.05, 4.69) is 34.6 Å². The number of thiazole rings is 1. The van der Waals surface area contributed by atoms with Crippen molar-refractivity contribution in [3.63, 3.8) is 0 Å². The Bertz CT molecular complexity index is 890. The van der Waals surface area contributed by atoms with Crippen molar-refractivity contribution in [2.24, 2.45) is 0 Å². The van der Waals surface area contributed by atoms with E-state index in [9.17, 15) is 9.59 Å². The van der Waals surface area contributed by atoms with E-state index in [4.69, 9.17) is 4.74 Å². The lowest BCUT2D eigenvalue weighted by molar-refractivity contribution is -0.142. The highest BCUT2D eigenvalue weighted by atomic mass is 32.2. The summed E-state index contributed by atoms with van der Waals surface area (Å²) in [5, 5.41) is 5.14. The van der Waals surface area contributed by atoms with Crippen molar-refractivity contribution in [1.29, 1.82) is 0 Å². The molecule has 2 aromatic carbocycles. The van der Waals surface area contributed by atoms with Gasteiger partial charge in [0, 0.05) is 5.38 Å². The zero-order valence-electron chi connectivity index (χ0n) is 16.0. The van der Waals surface area contributed by atoms with Crippen molar-refractivity contribution in [1.82, 2.24) is 4.98 Å². The number of hydrogen-bond acceptors (Lipinski definition) is 6. The number of nitrogens with one attached hydrogen (secondary N) is 1. The summed E-state index contributed by atoms with van der Waals surface area (Å²) in [4.78, 5) is 28.3. The topological polar surface area (TPSA) is 68.3 Å². The minimum absolute atomic E-state index is 0.0684. The molecule has 1 heterocycles. The highest BCUT2D eigenvalue weighted by Gasteiger charge is 2.17. The second-order valence-electron chi connectivity index (χ2n) is 6.19. The number of carbonyl (C=O) groups is 2. The van der Waals surface area contributed by atoms with E-state index in [1.165, 1.54) is 11.3 Å². The van der Waals surface area contributed by atoms with Gasteiger partial charge in [-0.2, -0.15) is 0 Å². The third-order valence-corrected chi connectivity index (χ3v) is 6.13. The average Bonchev–Trinajstić information content (AvgIpc) is 3.16. The van der Waals surface area contributed by atoms with Crippen LogP contribution in [0, 0.1) is 0 Å². The molecular weight excluding hydrogens is 404 g/mol. The number of anilines is 1. The van der Waals surface area contributed by atoms with E-state index in [0.29, 0.717) is 23.2 Å². The molecule has 0 aliphatic rings. The minimum atomic E-state index is -0.320. The van der Waals surface area contributed by atoms with E-state index in [-0.39, 0.29) is 23.5 Å². The molecule has 0 saturated carbocycles. The van der Waals surface area contributed by atoms with Crippen LogP contribution < -0.4 is 5.32 Å². The van der Waals surface area contributed by atoms with Crippen LogP contribution in [-0.4, -0.2) is 29.2 Å². The number of thioether (sulfide) groups is 1. The first kappa shape index (κ1) is 21.1. The third-order valence-electron chi connectivity index (χ3n) is 4.01. The smallest absolute Gasteiger partial charge is 0.311 e. The molecule has 5 nitrogen and oxygen atoms in total. The molecule has 0 fully saturated rings. The molecule has 0 aliphatic heterocycles. The van der Waals surface area contributed by atoms with Gasteiger partial charge >= 0.3 is 5.97 Å². The van der Waals surface area contributed by atoms with Gasteiger partial charge < -0.3 is 10.1 Å². The van der Waals surface area contributed by atoms with Gasteiger partial charge in [-0.15, -0.1) is 23.1 Å². The Hall–Kier alpha value is -2.64. The summed E-state index contributed by atoms with van der Waals surface area (Å²) in [6, 6.07) is 20.3. The highest BCUT2D eigenvalue weighted by molar-refractivity contribution is 8.00. The number of nitrogens with zero attached hydrogens (tertiary/aromatic N) is 1. The molecular formula is C22H22N2O3S2. The maximum Gasteiger partial charge on any atom is 0.311 e. The summed E-state index contributed by atoms with van der Waals surface area (Å²) in [7, 11) is 0. The fourth-order valence-electron chi connectivity index (χ4n) is 2.76. The molecule has 0 atom stereocenters. The molecule has 1 N–H and O–H groups in total. The predicted molar refractivity (Wildman–Crippen MR) is 118 cm³/mol. The predicted octanol–water partition coefficient (Wildman–Crippen LogP) is 4.71. The Balaban J connectivity index is 1.59. The first-order chi connectivity index (χ1) is 14.2. The van der Waals surface area contributed by atoms with Crippen LogP contribution in [0.5, 0.6) is 0 Å². The van der Waals surface area contributed by atoms with Crippen molar-refractivity contribution in [3.05, 3.63) is 82.9 Å². The fraction of sp³-hybridized carbons (Fsp3) is 0.227. The molecule has 1 amide bonds. The van der Waals surface area contributed by atoms with E-state index >= 15 is 0 Å². The first-order valence-corrected chi connectivity index (χ1v) is 11.2. The Labute approximate surface area is 178 Å². The van der Waals surface area contributed by atoms with Gasteiger partial charge in [0.25, 0.3) is 0 Å². The van der Waals surface area contributed by atoms with Gasteiger partial charge in [0.2, 0.25) is 5.91 Å². The van der Waals surface area contributed by atoms with E-state index in [1.807, 2.05) is 36.4 Å². The van der Waals surface area contributed by atoms with Gasteiger partial charge in [-0.1, -0.05) is 60.7 Å². The van der Waals surface area contributed by atoms with E-state index in [0.717, 1.165) is 11.1 Å². The Kier molecular flexibility index (Phi) is 7.84. The normalized spacial score (nSPS) is 10.7. The molecule has 0 bridgehead atoms. The summed E-state index contributed by atoms with van der Waals surface area (Å²) < 4.78 is 4.92. The van der Waals surface area contributed by atoms with Crippen LogP contribution in [0.3, 0.4) is 0 Å². The van der Waals surface area contributed by atoms with Gasteiger partial charge in [-0.3, -0.25) is 9.59 Å². The standard InChI is InChI=1S/C22H22N2O3S2/c1-2-27-20(26)13-18-14-29-22(23-18)24-19(25)15-28-21(16-9-5-3-6-10-16)17-11-7-4-8-12-17/h3-12,14,21H,2,13,15H2,1H3,(H,23,24,25). The molecule has 0 aliphatic carbocycles. The number of ether oxygens (including phenoxy) is 1. The van der Waals surface area contributed by atoms with Gasteiger partial charge in [0.15, 0.2) is 5.13 Å². The lowest BCUT2D eigenvalue weighted by Gasteiger charge is -2.17. The van der Waals surface area contributed by atoms with Crippen LogP contribution >= 0.6 is 23.1 Å². The van der Waals surface area contributed by atoms with Crippen LogP contribution in [0.1, 0.15) is 29.0 Å². The van der Waals surface area contributed by atoms with E-state index < -0.39 is 0 Å². The number of carbonyl (C=O) groups excluding carboxylic acids is 2. The number of aromatic nitrogens is 1. The summed E-state index contributed by atoms with van der Waals surface area (Å²) >= 11 is 2.87. The highest BCUT2D eigenvalue weighted by Crippen LogP contribution is 2.35. The maximum absolute atomic E-state index is 12.5. The summed E-state index contributed by atoms with van der Waals surface area (Å²) in [6.45, 7) is 2.11. The molecule has 0 saturated heterocycles. The molecule has 150 valence electrons. The lowest BCUT2D eigenvalue weighted by Crippen LogP contribution is -2.15. The van der Waals surface area contributed by atoms with Crippen molar-refractivity contribution < 1.29 is 14.3 Å². The summed E-state index contributed by atoms with van der Waals surface area (Å²) in [5.74, 6) is -0.148. The Morgan fingerprint density at radius 3 is 2.28 bits per heavy atom. The number of amides is 1. The molecule has 3 aromatic rings. The van der Waals surface area contributed by atoms with E-state index in [1.54, 1.807) is 24.1 Å². The Morgan fingerprint density at radius 2 is 1.69 bits per heavy atom.